The summed E-state index contributed by atoms with van der Waals surface area (Å²) in [4.78, 5) is 2.23. The van der Waals surface area contributed by atoms with Gasteiger partial charge in [0.25, 0.3) is 0 Å². The molecule has 0 amide bonds. The second kappa shape index (κ2) is 7.48. The summed E-state index contributed by atoms with van der Waals surface area (Å²) < 4.78 is 5.88. The summed E-state index contributed by atoms with van der Waals surface area (Å²) in [6, 6.07) is 16.8. The molecule has 0 fully saturated rings. The summed E-state index contributed by atoms with van der Waals surface area (Å²) in [6.45, 7) is 1.10. The van der Waals surface area contributed by atoms with Crippen LogP contribution >= 0.6 is 12.4 Å². The highest BCUT2D eigenvalue weighted by Gasteiger charge is 2.12. The molecule has 3 heteroatoms. The SMILES string of the molecule is CN(C)CCCC1=c2ccccc2=COc2ccccc21.Cl. The molecule has 0 saturated carbocycles. The van der Waals surface area contributed by atoms with E-state index in [2.05, 4.69) is 55.4 Å². The third-order valence-electron chi connectivity index (χ3n) is 3.84. The lowest BCUT2D eigenvalue weighted by Gasteiger charge is -2.13. The van der Waals surface area contributed by atoms with Crippen molar-refractivity contribution in [3.05, 3.63) is 64.5 Å². The fourth-order valence-electron chi connectivity index (χ4n) is 2.81. The van der Waals surface area contributed by atoms with Crippen LogP contribution in [0.2, 0.25) is 0 Å². The zero-order valence-electron chi connectivity index (χ0n) is 13.1. The van der Waals surface area contributed by atoms with E-state index >= 15 is 0 Å². The van der Waals surface area contributed by atoms with E-state index in [1.54, 1.807) is 0 Å². The zero-order valence-corrected chi connectivity index (χ0v) is 13.9. The van der Waals surface area contributed by atoms with E-state index in [9.17, 15) is 0 Å². The molecular formula is C19H22ClNO. The molecule has 0 bridgehead atoms. The molecule has 0 aromatic heterocycles. The molecule has 116 valence electrons. The average molecular weight is 316 g/mol. The molecule has 0 radical (unpaired) electrons. The molecule has 1 aliphatic heterocycles. The van der Waals surface area contributed by atoms with Gasteiger partial charge in [0, 0.05) is 10.8 Å². The second-order valence-electron chi connectivity index (χ2n) is 5.70. The maximum atomic E-state index is 5.88. The predicted molar refractivity (Wildman–Crippen MR) is 94.8 cm³/mol. The number of fused-ring (bicyclic) bond motifs is 2. The molecule has 1 heterocycles. The van der Waals surface area contributed by atoms with Gasteiger partial charge in [-0.05, 0) is 50.3 Å². The van der Waals surface area contributed by atoms with Crippen LogP contribution in [-0.4, -0.2) is 25.5 Å². The third-order valence-corrected chi connectivity index (χ3v) is 3.84. The van der Waals surface area contributed by atoms with Crippen LogP contribution in [-0.2, 0) is 0 Å². The lowest BCUT2D eigenvalue weighted by Crippen LogP contribution is -2.26. The minimum absolute atomic E-state index is 0. The molecule has 22 heavy (non-hydrogen) atoms. The Morgan fingerprint density at radius 1 is 0.955 bits per heavy atom. The van der Waals surface area contributed by atoms with E-state index in [1.165, 1.54) is 16.4 Å². The summed E-state index contributed by atoms with van der Waals surface area (Å²) in [5, 5.41) is 2.45. The van der Waals surface area contributed by atoms with Crippen molar-refractivity contribution in [3.63, 3.8) is 0 Å². The van der Waals surface area contributed by atoms with Gasteiger partial charge in [-0.3, -0.25) is 0 Å². The Morgan fingerprint density at radius 3 is 2.50 bits per heavy atom. The first-order valence-corrected chi connectivity index (χ1v) is 7.45. The van der Waals surface area contributed by atoms with Gasteiger partial charge in [-0.25, -0.2) is 0 Å². The summed E-state index contributed by atoms with van der Waals surface area (Å²) in [5.74, 6) is 0.952. The monoisotopic (exact) mass is 315 g/mol. The highest BCUT2D eigenvalue weighted by molar-refractivity contribution is 5.85. The first-order chi connectivity index (χ1) is 10.3. The van der Waals surface area contributed by atoms with Crippen LogP contribution in [0, 0.1) is 0 Å². The predicted octanol–water partition coefficient (Wildman–Crippen LogP) is 2.78. The number of ether oxygens (including phenoxy) is 1. The van der Waals surface area contributed by atoms with Gasteiger partial charge in [-0.1, -0.05) is 42.5 Å². The lowest BCUT2D eigenvalue weighted by atomic mass is 9.97. The topological polar surface area (TPSA) is 12.5 Å². The molecule has 0 unspecified atom stereocenters. The van der Waals surface area contributed by atoms with Gasteiger partial charge in [0.05, 0.1) is 6.26 Å². The van der Waals surface area contributed by atoms with E-state index in [4.69, 9.17) is 4.74 Å². The minimum atomic E-state index is 0. The quantitative estimate of drug-likeness (QED) is 0.860. The fraction of sp³-hybridized carbons (Fsp3) is 0.263. The van der Waals surface area contributed by atoms with Gasteiger partial charge in [-0.15, -0.1) is 12.4 Å². The Bertz CT molecular complexity index is 752. The molecule has 1 aliphatic rings. The van der Waals surface area contributed by atoms with Gasteiger partial charge in [0.2, 0.25) is 0 Å². The highest BCUT2D eigenvalue weighted by Crippen LogP contribution is 2.28. The molecule has 0 atom stereocenters. The second-order valence-corrected chi connectivity index (χ2v) is 5.70. The number of para-hydroxylation sites is 1. The van der Waals surface area contributed by atoms with Crippen LogP contribution in [0.25, 0.3) is 11.8 Å². The van der Waals surface area contributed by atoms with Crippen LogP contribution < -0.4 is 15.2 Å². The minimum Gasteiger partial charge on any atom is -0.464 e. The van der Waals surface area contributed by atoms with Gasteiger partial charge in [0.1, 0.15) is 5.75 Å². The normalized spacial score (nSPS) is 12.4. The van der Waals surface area contributed by atoms with Crippen molar-refractivity contribution in [3.8, 4) is 5.75 Å². The maximum Gasteiger partial charge on any atom is 0.134 e. The standard InChI is InChI=1S/C19H21NO.ClH/c1-20(2)13-7-11-17-16-9-4-3-8-15(16)14-21-19-12-6-5-10-18(17)19;/h3-6,8-10,12,14H,7,11,13H2,1-2H3;1H. The highest BCUT2D eigenvalue weighted by atomic mass is 35.5. The number of hydrogen-bond acceptors (Lipinski definition) is 2. The summed E-state index contributed by atoms with van der Waals surface area (Å²) in [5.41, 5.74) is 2.61. The maximum absolute atomic E-state index is 5.88. The van der Waals surface area contributed by atoms with Crippen molar-refractivity contribution in [2.24, 2.45) is 0 Å². The fourth-order valence-corrected chi connectivity index (χ4v) is 2.81. The summed E-state index contributed by atoms with van der Waals surface area (Å²) in [6.07, 6.45) is 4.07. The first-order valence-electron chi connectivity index (χ1n) is 7.45. The van der Waals surface area contributed by atoms with Crippen molar-refractivity contribution < 1.29 is 4.74 Å². The van der Waals surface area contributed by atoms with Gasteiger partial charge in [0.15, 0.2) is 0 Å². The van der Waals surface area contributed by atoms with Crippen molar-refractivity contribution in [1.82, 2.24) is 4.90 Å². The van der Waals surface area contributed by atoms with Crippen LogP contribution in [0.5, 0.6) is 5.75 Å². The Kier molecular flexibility index (Phi) is 5.64. The van der Waals surface area contributed by atoms with Crippen LogP contribution in [0.15, 0.2) is 48.5 Å². The molecule has 0 saturated heterocycles. The molecule has 3 rings (SSSR count). The molecule has 2 aromatic rings. The van der Waals surface area contributed by atoms with Crippen molar-refractivity contribution in [1.29, 1.82) is 0 Å². The van der Waals surface area contributed by atoms with Crippen LogP contribution in [0.3, 0.4) is 0 Å². The van der Waals surface area contributed by atoms with E-state index in [-0.39, 0.29) is 12.4 Å². The number of halogens is 1. The van der Waals surface area contributed by atoms with Crippen LogP contribution in [0.4, 0.5) is 0 Å². The number of nitrogens with zero attached hydrogens (tertiary/aromatic N) is 1. The average Bonchev–Trinajstić information content (AvgIpc) is 2.65. The smallest absolute Gasteiger partial charge is 0.134 e. The van der Waals surface area contributed by atoms with Crippen LogP contribution in [0.1, 0.15) is 18.4 Å². The summed E-state index contributed by atoms with van der Waals surface area (Å²) in [7, 11) is 4.24. The molecule has 0 spiro atoms. The van der Waals surface area contributed by atoms with E-state index in [1.807, 2.05) is 18.4 Å². The number of benzene rings is 2. The molecule has 2 nitrogen and oxygen atoms in total. The Labute approximate surface area is 138 Å². The molecular weight excluding hydrogens is 294 g/mol. The van der Waals surface area contributed by atoms with Gasteiger partial charge >= 0.3 is 0 Å². The molecule has 2 aromatic carbocycles. The third kappa shape index (κ3) is 3.52. The van der Waals surface area contributed by atoms with E-state index < -0.39 is 0 Å². The van der Waals surface area contributed by atoms with Crippen molar-refractivity contribution >= 4 is 24.2 Å². The Balaban J connectivity index is 0.00000176. The first kappa shape index (κ1) is 16.6. The van der Waals surface area contributed by atoms with Crippen molar-refractivity contribution in [2.75, 3.05) is 20.6 Å². The largest absolute Gasteiger partial charge is 0.464 e. The Morgan fingerprint density at radius 2 is 1.68 bits per heavy atom. The zero-order chi connectivity index (χ0) is 14.7. The lowest BCUT2D eigenvalue weighted by molar-refractivity contribution is 0.402. The number of hydrogen-bond donors (Lipinski definition) is 0. The molecule has 0 aliphatic carbocycles. The Hall–Kier alpha value is -1.77. The van der Waals surface area contributed by atoms with Gasteiger partial charge in [-0.2, -0.15) is 0 Å². The molecule has 0 N–H and O–H groups in total. The van der Waals surface area contributed by atoms with Crippen molar-refractivity contribution in [2.45, 2.75) is 12.8 Å². The number of rotatable bonds is 4. The van der Waals surface area contributed by atoms with E-state index in [0.29, 0.717) is 0 Å². The van der Waals surface area contributed by atoms with Gasteiger partial charge < -0.3 is 9.64 Å². The summed E-state index contributed by atoms with van der Waals surface area (Å²) >= 11 is 0. The van der Waals surface area contributed by atoms with E-state index in [0.717, 1.165) is 30.4 Å².